The number of nitrogens with zero attached hydrogens (tertiary/aromatic N) is 2. The number of hydrogen-bond donors (Lipinski definition) is 0. The van der Waals surface area contributed by atoms with Crippen molar-refractivity contribution in [3.8, 4) is 0 Å². The van der Waals surface area contributed by atoms with Gasteiger partial charge in [0.2, 0.25) is 0 Å². The zero-order valence-corrected chi connectivity index (χ0v) is 7.40. The molecule has 1 aromatic carbocycles. The first-order valence-electron chi connectivity index (χ1n) is 3.99. The van der Waals surface area contributed by atoms with E-state index >= 15 is 0 Å². The molecular formula is C9H7FN2O2. The van der Waals surface area contributed by atoms with Crippen LogP contribution in [0.1, 0.15) is 0 Å². The molecule has 0 amide bonds. The van der Waals surface area contributed by atoms with E-state index in [4.69, 9.17) is 0 Å². The summed E-state index contributed by atoms with van der Waals surface area (Å²) in [6, 6.07) is 3.82. The molecule has 4 nitrogen and oxygen atoms in total. The molecule has 5 heteroatoms. The number of aryl methyl sites for hydroxylation is 1. The van der Waals surface area contributed by atoms with Crippen LogP contribution >= 0.6 is 0 Å². The fourth-order valence-corrected chi connectivity index (χ4v) is 1.51. The molecule has 0 unspecified atom stereocenters. The average molecular weight is 194 g/mol. The third-order valence-corrected chi connectivity index (χ3v) is 2.16. The third kappa shape index (κ3) is 1.06. The Hall–Kier alpha value is -1.91. The summed E-state index contributed by atoms with van der Waals surface area (Å²) >= 11 is 0. The van der Waals surface area contributed by atoms with Crippen molar-refractivity contribution >= 4 is 16.6 Å². The van der Waals surface area contributed by atoms with Crippen LogP contribution in [0, 0.1) is 15.9 Å². The number of nitro benzene ring substituents is 1. The molecular weight excluding hydrogens is 187 g/mol. The van der Waals surface area contributed by atoms with E-state index in [1.54, 1.807) is 13.2 Å². The molecule has 0 N–H and O–H groups in total. The smallest absolute Gasteiger partial charge is 0.293 e. The second kappa shape index (κ2) is 2.80. The second-order valence-corrected chi connectivity index (χ2v) is 3.01. The second-order valence-electron chi connectivity index (χ2n) is 3.01. The van der Waals surface area contributed by atoms with Crippen LogP contribution in [0.5, 0.6) is 0 Å². The minimum atomic E-state index is -0.512. The molecule has 0 spiro atoms. The molecule has 0 saturated heterocycles. The maximum atomic E-state index is 13.2. The highest BCUT2D eigenvalue weighted by Crippen LogP contribution is 2.27. The molecule has 1 aromatic heterocycles. The van der Waals surface area contributed by atoms with E-state index in [0.29, 0.717) is 5.52 Å². The van der Waals surface area contributed by atoms with Gasteiger partial charge in [-0.2, -0.15) is 0 Å². The van der Waals surface area contributed by atoms with Crippen molar-refractivity contribution in [2.75, 3.05) is 0 Å². The van der Waals surface area contributed by atoms with E-state index < -0.39 is 10.7 Å². The average Bonchev–Trinajstić information content (AvgIpc) is 2.50. The highest BCUT2D eigenvalue weighted by Gasteiger charge is 2.16. The van der Waals surface area contributed by atoms with E-state index in [0.717, 1.165) is 6.07 Å². The van der Waals surface area contributed by atoms with Gasteiger partial charge in [-0.1, -0.05) is 0 Å². The molecule has 0 aliphatic rings. The van der Waals surface area contributed by atoms with Crippen molar-refractivity contribution in [1.82, 2.24) is 4.57 Å². The topological polar surface area (TPSA) is 48.1 Å². The molecule has 0 aliphatic heterocycles. The molecule has 14 heavy (non-hydrogen) atoms. The Morgan fingerprint density at radius 1 is 1.43 bits per heavy atom. The van der Waals surface area contributed by atoms with Crippen LogP contribution in [-0.4, -0.2) is 9.49 Å². The van der Waals surface area contributed by atoms with E-state index in [2.05, 4.69) is 0 Å². The third-order valence-electron chi connectivity index (χ3n) is 2.16. The number of non-ortho nitro benzene ring substituents is 1. The van der Waals surface area contributed by atoms with E-state index in [1.165, 1.54) is 16.7 Å². The van der Waals surface area contributed by atoms with Gasteiger partial charge in [0.25, 0.3) is 5.69 Å². The number of halogens is 1. The number of aromatic nitrogens is 1. The van der Waals surface area contributed by atoms with Gasteiger partial charge in [0.1, 0.15) is 11.3 Å². The molecule has 0 atom stereocenters. The first-order valence-corrected chi connectivity index (χ1v) is 3.99. The molecule has 0 bridgehead atoms. The van der Waals surface area contributed by atoms with Crippen LogP contribution in [0.4, 0.5) is 10.1 Å². The lowest BCUT2D eigenvalue weighted by Gasteiger charge is -1.98. The Kier molecular flexibility index (Phi) is 1.73. The van der Waals surface area contributed by atoms with Crippen molar-refractivity contribution in [1.29, 1.82) is 0 Å². The number of rotatable bonds is 1. The lowest BCUT2D eigenvalue weighted by Crippen LogP contribution is -1.94. The fraction of sp³-hybridized carbons (Fsp3) is 0.111. The van der Waals surface area contributed by atoms with E-state index in [9.17, 15) is 14.5 Å². The van der Waals surface area contributed by atoms with Gasteiger partial charge in [0.15, 0.2) is 0 Å². The molecule has 2 rings (SSSR count). The minimum absolute atomic E-state index is 0.0751. The lowest BCUT2D eigenvalue weighted by atomic mass is 10.2. The number of nitro groups is 1. The maximum absolute atomic E-state index is 13.2. The Bertz CT molecular complexity index is 519. The molecule has 0 aliphatic carbocycles. The van der Waals surface area contributed by atoms with Crippen LogP contribution in [0.25, 0.3) is 10.9 Å². The van der Waals surface area contributed by atoms with Gasteiger partial charge in [-0.05, 0) is 12.1 Å². The van der Waals surface area contributed by atoms with Gasteiger partial charge in [-0.3, -0.25) is 10.1 Å². The fourth-order valence-electron chi connectivity index (χ4n) is 1.51. The summed E-state index contributed by atoms with van der Waals surface area (Å²) in [7, 11) is 1.65. The van der Waals surface area contributed by atoms with Crippen LogP contribution in [-0.2, 0) is 7.05 Å². The Labute approximate surface area is 78.7 Å². The van der Waals surface area contributed by atoms with Gasteiger partial charge in [0.05, 0.1) is 4.92 Å². The molecule has 0 fully saturated rings. The standard InChI is InChI=1S/C9H7FN2O2/c1-11-5-4-6-7(10)2-3-8(9(6)11)12(13)14/h2-5H,1H3. The molecule has 0 saturated carbocycles. The molecule has 0 radical (unpaired) electrons. The van der Waals surface area contributed by atoms with Gasteiger partial charge < -0.3 is 4.57 Å². The van der Waals surface area contributed by atoms with Gasteiger partial charge in [-0.15, -0.1) is 0 Å². The number of benzene rings is 1. The van der Waals surface area contributed by atoms with Gasteiger partial charge in [0, 0.05) is 24.7 Å². The lowest BCUT2D eigenvalue weighted by molar-refractivity contribution is -0.383. The monoisotopic (exact) mass is 194 g/mol. The van der Waals surface area contributed by atoms with Gasteiger partial charge >= 0.3 is 0 Å². The van der Waals surface area contributed by atoms with Crippen molar-refractivity contribution < 1.29 is 9.31 Å². The van der Waals surface area contributed by atoms with Crippen LogP contribution < -0.4 is 0 Å². The summed E-state index contributed by atoms with van der Waals surface area (Å²) in [6.07, 6.45) is 1.60. The largest absolute Gasteiger partial charge is 0.345 e. The van der Waals surface area contributed by atoms with Crippen LogP contribution in [0.15, 0.2) is 24.4 Å². The highest BCUT2D eigenvalue weighted by atomic mass is 19.1. The normalized spacial score (nSPS) is 10.7. The Balaban J connectivity index is 2.92. The maximum Gasteiger partial charge on any atom is 0.293 e. The molecule has 72 valence electrons. The minimum Gasteiger partial charge on any atom is -0.345 e. The predicted molar refractivity (Wildman–Crippen MR) is 49.5 cm³/mol. The number of fused-ring (bicyclic) bond motifs is 1. The van der Waals surface area contributed by atoms with Crippen molar-refractivity contribution in [2.45, 2.75) is 0 Å². The Morgan fingerprint density at radius 2 is 2.14 bits per heavy atom. The zero-order valence-electron chi connectivity index (χ0n) is 7.40. The summed E-state index contributed by atoms with van der Waals surface area (Å²) in [4.78, 5) is 10.1. The van der Waals surface area contributed by atoms with Gasteiger partial charge in [-0.25, -0.2) is 4.39 Å². The van der Waals surface area contributed by atoms with Crippen LogP contribution in [0.2, 0.25) is 0 Å². The first-order chi connectivity index (χ1) is 6.61. The summed E-state index contributed by atoms with van der Waals surface area (Å²) in [5.74, 6) is -0.439. The van der Waals surface area contributed by atoms with E-state index in [1.807, 2.05) is 0 Å². The van der Waals surface area contributed by atoms with Crippen LogP contribution in [0.3, 0.4) is 0 Å². The van der Waals surface area contributed by atoms with E-state index in [-0.39, 0.29) is 11.1 Å². The van der Waals surface area contributed by atoms with Crippen molar-refractivity contribution in [3.05, 3.63) is 40.3 Å². The molecule has 1 heterocycles. The van der Waals surface area contributed by atoms with Crippen molar-refractivity contribution in [2.24, 2.45) is 7.05 Å². The quantitative estimate of drug-likeness (QED) is 0.516. The molecule has 2 aromatic rings. The number of hydrogen-bond acceptors (Lipinski definition) is 2. The predicted octanol–water partition coefficient (Wildman–Crippen LogP) is 2.23. The first kappa shape index (κ1) is 8.68. The highest BCUT2D eigenvalue weighted by molar-refractivity contribution is 5.88. The SMILES string of the molecule is Cn1ccc2c(F)ccc([N+](=O)[O-])c21. The summed E-state index contributed by atoms with van der Waals surface area (Å²) in [5, 5.41) is 10.9. The summed E-state index contributed by atoms with van der Waals surface area (Å²) in [5.41, 5.74) is 0.240. The zero-order chi connectivity index (χ0) is 10.3. The summed E-state index contributed by atoms with van der Waals surface area (Å²) in [6.45, 7) is 0. The van der Waals surface area contributed by atoms with Crippen molar-refractivity contribution in [3.63, 3.8) is 0 Å². The summed E-state index contributed by atoms with van der Waals surface area (Å²) < 4.78 is 14.7. The Morgan fingerprint density at radius 3 is 2.79 bits per heavy atom.